The molecule has 21 heavy (non-hydrogen) atoms. The molecule has 5 heteroatoms. The van der Waals surface area contributed by atoms with Crippen molar-refractivity contribution in [2.45, 2.75) is 58.6 Å². The van der Waals surface area contributed by atoms with Gasteiger partial charge in [0.1, 0.15) is 12.1 Å². The van der Waals surface area contributed by atoms with Gasteiger partial charge in [-0.05, 0) is 46.1 Å². The highest BCUT2D eigenvalue weighted by Gasteiger charge is 2.29. The Bertz CT molecular complexity index is 438. The van der Waals surface area contributed by atoms with Crippen molar-refractivity contribution < 1.29 is 4.74 Å². The monoisotopic (exact) mass is 292 g/mol. The Balaban J connectivity index is 2.19. The van der Waals surface area contributed by atoms with E-state index < -0.39 is 0 Å². The van der Waals surface area contributed by atoms with E-state index in [0.717, 1.165) is 18.9 Å². The number of aromatic nitrogens is 2. The van der Waals surface area contributed by atoms with Crippen LogP contribution in [-0.2, 0) is 0 Å². The molecule has 0 aliphatic heterocycles. The van der Waals surface area contributed by atoms with Crippen molar-refractivity contribution in [2.75, 3.05) is 18.0 Å². The van der Waals surface area contributed by atoms with Crippen LogP contribution in [-0.4, -0.2) is 35.2 Å². The van der Waals surface area contributed by atoms with Gasteiger partial charge in [0, 0.05) is 18.7 Å². The Morgan fingerprint density at radius 1 is 1.33 bits per heavy atom. The first-order valence-corrected chi connectivity index (χ1v) is 8.11. The lowest BCUT2D eigenvalue weighted by molar-refractivity contribution is 0.232. The molecule has 0 bridgehead atoms. The predicted molar refractivity (Wildman–Crippen MR) is 85.6 cm³/mol. The molecule has 2 unspecified atom stereocenters. The normalized spacial score (nSPS) is 22.3. The highest BCUT2D eigenvalue weighted by molar-refractivity contribution is 5.42. The second kappa shape index (κ2) is 7.59. The first-order chi connectivity index (χ1) is 10.2. The molecule has 1 saturated carbocycles. The Morgan fingerprint density at radius 3 is 2.76 bits per heavy atom. The first kappa shape index (κ1) is 16.0. The molecule has 5 nitrogen and oxygen atoms in total. The third-order valence-corrected chi connectivity index (χ3v) is 4.19. The topological polar surface area (TPSA) is 64.3 Å². The molecule has 1 fully saturated rings. The maximum Gasteiger partial charge on any atom is 0.218 e. The molecule has 2 N–H and O–H groups in total. The van der Waals surface area contributed by atoms with E-state index in [1.165, 1.54) is 25.7 Å². The van der Waals surface area contributed by atoms with Gasteiger partial charge < -0.3 is 15.4 Å². The smallest absolute Gasteiger partial charge is 0.218 e. The highest BCUT2D eigenvalue weighted by atomic mass is 16.5. The number of rotatable bonds is 6. The molecule has 0 aromatic carbocycles. The molecule has 1 heterocycles. The first-order valence-electron chi connectivity index (χ1n) is 8.11. The van der Waals surface area contributed by atoms with Gasteiger partial charge in [-0.2, -0.15) is 0 Å². The van der Waals surface area contributed by atoms with Crippen LogP contribution in [0.5, 0.6) is 5.88 Å². The Morgan fingerprint density at radius 2 is 2.10 bits per heavy atom. The predicted octanol–water partition coefficient (Wildman–Crippen LogP) is 2.61. The van der Waals surface area contributed by atoms with E-state index >= 15 is 0 Å². The highest BCUT2D eigenvalue weighted by Crippen LogP contribution is 2.31. The second-order valence-electron chi connectivity index (χ2n) is 6.01. The van der Waals surface area contributed by atoms with Crippen LogP contribution in [0.25, 0.3) is 0 Å². The van der Waals surface area contributed by atoms with Crippen LogP contribution in [0.15, 0.2) is 12.4 Å². The summed E-state index contributed by atoms with van der Waals surface area (Å²) in [5.41, 5.74) is 5.98. The third-order valence-electron chi connectivity index (χ3n) is 4.19. The number of ether oxygens (including phenoxy) is 1. The van der Waals surface area contributed by atoms with Gasteiger partial charge in [0.25, 0.3) is 0 Å². The van der Waals surface area contributed by atoms with E-state index in [4.69, 9.17) is 10.5 Å². The second-order valence-corrected chi connectivity index (χ2v) is 6.01. The number of nitrogens with zero attached hydrogens (tertiary/aromatic N) is 3. The van der Waals surface area contributed by atoms with Gasteiger partial charge in [0.15, 0.2) is 0 Å². The Hall–Kier alpha value is -1.36. The summed E-state index contributed by atoms with van der Waals surface area (Å²) in [4.78, 5) is 11.0. The standard InChI is InChI=1S/C16H28N4O/c1-4-20(14-8-6-5-7-13(14)10-17)15-9-16(19-11-18-15)21-12(2)3/h9,11-14H,4-8,10,17H2,1-3H3. The molecule has 0 amide bonds. The van der Waals surface area contributed by atoms with Crippen LogP contribution in [0.2, 0.25) is 0 Å². The van der Waals surface area contributed by atoms with E-state index in [1.54, 1.807) is 6.33 Å². The van der Waals surface area contributed by atoms with E-state index in [0.29, 0.717) is 17.8 Å². The number of hydrogen-bond acceptors (Lipinski definition) is 5. The van der Waals surface area contributed by atoms with Gasteiger partial charge in [-0.25, -0.2) is 9.97 Å². The lowest BCUT2D eigenvalue weighted by Crippen LogP contribution is -2.45. The third kappa shape index (κ3) is 4.06. The van der Waals surface area contributed by atoms with Gasteiger partial charge in [-0.1, -0.05) is 12.8 Å². The molecule has 2 atom stereocenters. The summed E-state index contributed by atoms with van der Waals surface area (Å²) in [6.07, 6.45) is 6.70. The number of anilines is 1. The maximum atomic E-state index is 5.98. The molecule has 1 aromatic rings. The van der Waals surface area contributed by atoms with Crippen LogP contribution >= 0.6 is 0 Å². The van der Waals surface area contributed by atoms with Crippen molar-refractivity contribution in [1.82, 2.24) is 9.97 Å². The van der Waals surface area contributed by atoms with E-state index in [9.17, 15) is 0 Å². The molecule has 1 aliphatic rings. The zero-order valence-corrected chi connectivity index (χ0v) is 13.5. The molecule has 1 aromatic heterocycles. The fraction of sp³-hybridized carbons (Fsp3) is 0.750. The quantitative estimate of drug-likeness (QED) is 0.873. The summed E-state index contributed by atoms with van der Waals surface area (Å²) >= 11 is 0. The average Bonchev–Trinajstić information content (AvgIpc) is 2.48. The summed E-state index contributed by atoms with van der Waals surface area (Å²) in [6, 6.07) is 2.43. The van der Waals surface area contributed by atoms with Crippen molar-refractivity contribution in [3.63, 3.8) is 0 Å². The number of hydrogen-bond donors (Lipinski definition) is 1. The van der Waals surface area contributed by atoms with E-state index in [2.05, 4.69) is 21.8 Å². The minimum absolute atomic E-state index is 0.120. The zero-order valence-electron chi connectivity index (χ0n) is 13.5. The van der Waals surface area contributed by atoms with Crippen molar-refractivity contribution in [3.8, 4) is 5.88 Å². The minimum atomic E-state index is 0.120. The van der Waals surface area contributed by atoms with E-state index in [1.807, 2.05) is 19.9 Å². The van der Waals surface area contributed by atoms with Gasteiger partial charge >= 0.3 is 0 Å². The van der Waals surface area contributed by atoms with Crippen LogP contribution in [0, 0.1) is 5.92 Å². The Kier molecular flexibility index (Phi) is 5.79. The summed E-state index contributed by atoms with van der Waals surface area (Å²) in [5, 5.41) is 0. The van der Waals surface area contributed by atoms with Gasteiger partial charge in [0.2, 0.25) is 5.88 Å². The van der Waals surface area contributed by atoms with Gasteiger partial charge in [-0.15, -0.1) is 0 Å². The maximum absolute atomic E-state index is 5.98. The molecular weight excluding hydrogens is 264 g/mol. The van der Waals surface area contributed by atoms with Crippen LogP contribution in [0.1, 0.15) is 46.5 Å². The lowest BCUT2D eigenvalue weighted by Gasteiger charge is -2.40. The fourth-order valence-corrected chi connectivity index (χ4v) is 3.23. The Labute approximate surface area is 127 Å². The molecule has 1 aliphatic carbocycles. The number of nitrogens with two attached hydrogens (primary N) is 1. The average molecular weight is 292 g/mol. The van der Waals surface area contributed by atoms with Crippen molar-refractivity contribution in [1.29, 1.82) is 0 Å². The SMILES string of the molecule is CCN(c1cc(OC(C)C)ncn1)C1CCCCC1CN. The van der Waals surface area contributed by atoms with Gasteiger partial charge in [-0.3, -0.25) is 0 Å². The van der Waals surface area contributed by atoms with E-state index in [-0.39, 0.29) is 6.10 Å². The zero-order chi connectivity index (χ0) is 15.2. The molecule has 0 spiro atoms. The van der Waals surface area contributed by atoms with Crippen LogP contribution < -0.4 is 15.4 Å². The molecule has 0 radical (unpaired) electrons. The summed E-state index contributed by atoms with van der Waals surface area (Å²) < 4.78 is 5.69. The molecular formula is C16H28N4O. The molecule has 0 saturated heterocycles. The largest absolute Gasteiger partial charge is 0.475 e. The van der Waals surface area contributed by atoms with Crippen molar-refractivity contribution >= 4 is 5.82 Å². The summed E-state index contributed by atoms with van der Waals surface area (Å²) in [6.45, 7) is 7.87. The molecule has 118 valence electrons. The summed E-state index contributed by atoms with van der Waals surface area (Å²) in [5.74, 6) is 2.16. The summed E-state index contributed by atoms with van der Waals surface area (Å²) in [7, 11) is 0. The van der Waals surface area contributed by atoms with Crippen molar-refractivity contribution in [3.05, 3.63) is 12.4 Å². The molecule has 2 rings (SSSR count). The van der Waals surface area contributed by atoms with Crippen LogP contribution in [0.4, 0.5) is 5.82 Å². The van der Waals surface area contributed by atoms with Crippen molar-refractivity contribution in [2.24, 2.45) is 11.7 Å². The lowest BCUT2D eigenvalue weighted by atomic mass is 9.83. The minimum Gasteiger partial charge on any atom is -0.475 e. The van der Waals surface area contributed by atoms with Gasteiger partial charge in [0.05, 0.1) is 6.10 Å². The fourth-order valence-electron chi connectivity index (χ4n) is 3.23. The van der Waals surface area contributed by atoms with Crippen LogP contribution in [0.3, 0.4) is 0 Å².